The summed E-state index contributed by atoms with van der Waals surface area (Å²) in [6.45, 7) is 2.15. The minimum atomic E-state index is -0.262. The smallest absolute Gasteiger partial charge is 0.337 e. The molecule has 0 amide bonds. The summed E-state index contributed by atoms with van der Waals surface area (Å²) in [5.74, 6) is -0.262. The first-order chi connectivity index (χ1) is 11.3. The lowest BCUT2D eigenvalue weighted by molar-refractivity contribution is 0.0601. The number of rotatable bonds is 2. The van der Waals surface area contributed by atoms with Crippen LogP contribution in [0.4, 0.5) is 0 Å². The minimum Gasteiger partial charge on any atom is -0.465 e. The third-order valence-corrected chi connectivity index (χ3v) is 5.52. The van der Waals surface area contributed by atoms with Gasteiger partial charge in [0.2, 0.25) is 0 Å². The lowest BCUT2D eigenvalue weighted by Crippen LogP contribution is -2.40. The lowest BCUT2D eigenvalue weighted by atomic mass is 9.92. The highest BCUT2D eigenvalue weighted by atomic mass is 16.5. The van der Waals surface area contributed by atoms with Crippen LogP contribution in [-0.4, -0.2) is 35.5 Å². The highest BCUT2D eigenvalue weighted by Gasteiger charge is 2.27. The molecule has 1 aliphatic heterocycles. The number of carbonyl (C=O) groups excluding carboxylic acids is 1. The molecule has 4 nitrogen and oxygen atoms in total. The molecule has 1 N–H and O–H groups in total. The van der Waals surface area contributed by atoms with Crippen LogP contribution >= 0.6 is 0 Å². The van der Waals surface area contributed by atoms with Crippen molar-refractivity contribution < 1.29 is 9.53 Å². The number of methoxy groups -OCH3 is 1. The second kappa shape index (κ2) is 6.00. The molecule has 23 heavy (non-hydrogen) atoms. The molecule has 122 valence electrons. The monoisotopic (exact) mass is 312 g/mol. The lowest BCUT2D eigenvalue weighted by Gasteiger charge is -2.36. The SMILES string of the molecule is COC(=O)c1ccc2[nH]c3c(c2c1)CN(C1CCCCC1)CC3. The molecular weight excluding hydrogens is 288 g/mol. The summed E-state index contributed by atoms with van der Waals surface area (Å²) >= 11 is 0. The third kappa shape index (κ3) is 2.65. The summed E-state index contributed by atoms with van der Waals surface area (Å²) in [6.07, 6.45) is 7.89. The maximum absolute atomic E-state index is 11.8. The van der Waals surface area contributed by atoms with E-state index in [1.54, 1.807) is 0 Å². The summed E-state index contributed by atoms with van der Waals surface area (Å²) in [6, 6.07) is 6.58. The van der Waals surface area contributed by atoms with Gasteiger partial charge in [0.25, 0.3) is 0 Å². The first kappa shape index (κ1) is 14.8. The summed E-state index contributed by atoms with van der Waals surface area (Å²) < 4.78 is 4.86. The largest absolute Gasteiger partial charge is 0.465 e. The van der Waals surface area contributed by atoms with Gasteiger partial charge in [0.15, 0.2) is 0 Å². The van der Waals surface area contributed by atoms with Gasteiger partial charge in [0, 0.05) is 42.1 Å². The van der Waals surface area contributed by atoms with Crippen molar-refractivity contribution in [1.82, 2.24) is 9.88 Å². The number of benzene rings is 1. The van der Waals surface area contributed by atoms with E-state index in [9.17, 15) is 4.79 Å². The van der Waals surface area contributed by atoms with Crippen LogP contribution in [0.25, 0.3) is 10.9 Å². The van der Waals surface area contributed by atoms with Crippen molar-refractivity contribution in [1.29, 1.82) is 0 Å². The quantitative estimate of drug-likeness (QED) is 0.861. The Hall–Kier alpha value is -1.81. The zero-order valence-electron chi connectivity index (χ0n) is 13.7. The number of aromatic nitrogens is 1. The predicted octanol–water partition coefficient (Wildman–Crippen LogP) is 3.65. The Morgan fingerprint density at radius 1 is 1.26 bits per heavy atom. The molecule has 2 heterocycles. The van der Waals surface area contributed by atoms with E-state index in [1.165, 1.54) is 55.9 Å². The summed E-state index contributed by atoms with van der Waals surface area (Å²) in [7, 11) is 1.43. The zero-order valence-corrected chi connectivity index (χ0v) is 13.7. The molecule has 0 bridgehead atoms. The molecule has 1 aromatic carbocycles. The second-order valence-corrected chi connectivity index (χ2v) is 6.85. The second-order valence-electron chi connectivity index (χ2n) is 6.85. The zero-order chi connectivity index (χ0) is 15.8. The number of hydrogen-bond acceptors (Lipinski definition) is 3. The van der Waals surface area contributed by atoms with Crippen molar-refractivity contribution >= 4 is 16.9 Å². The molecule has 0 unspecified atom stereocenters. The molecule has 1 aliphatic carbocycles. The van der Waals surface area contributed by atoms with Crippen LogP contribution in [0.3, 0.4) is 0 Å². The minimum absolute atomic E-state index is 0.262. The molecule has 2 aliphatic rings. The first-order valence-corrected chi connectivity index (χ1v) is 8.72. The van der Waals surface area contributed by atoms with E-state index >= 15 is 0 Å². The predicted molar refractivity (Wildman–Crippen MR) is 90.6 cm³/mol. The van der Waals surface area contributed by atoms with Crippen LogP contribution in [-0.2, 0) is 17.7 Å². The van der Waals surface area contributed by atoms with Gasteiger partial charge in [-0.2, -0.15) is 0 Å². The average molecular weight is 312 g/mol. The number of H-pyrrole nitrogens is 1. The Morgan fingerprint density at radius 2 is 2.09 bits per heavy atom. The van der Waals surface area contributed by atoms with Crippen LogP contribution in [0.1, 0.15) is 53.7 Å². The van der Waals surface area contributed by atoms with Gasteiger partial charge in [-0.15, -0.1) is 0 Å². The number of aromatic amines is 1. The van der Waals surface area contributed by atoms with Gasteiger partial charge in [0.1, 0.15) is 0 Å². The fourth-order valence-electron chi connectivity index (χ4n) is 4.24. The van der Waals surface area contributed by atoms with E-state index in [-0.39, 0.29) is 5.97 Å². The topological polar surface area (TPSA) is 45.3 Å². The Bertz CT molecular complexity index is 728. The molecule has 0 spiro atoms. The number of nitrogens with one attached hydrogen (secondary N) is 1. The molecule has 1 fully saturated rings. The van der Waals surface area contributed by atoms with Gasteiger partial charge in [-0.1, -0.05) is 19.3 Å². The summed E-state index contributed by atoms with van der Waals surface area (Å²) in [5, 5.41) is 1.18. The van der Waals surface area contributed by atoms with Crippen molar-refractivity contribution in [2.75, 3.05) is 13.7 Å². The van der Waals surface area contributed by atoms with Crippen LogP contribution in [0.2, 0.25) is 0 Å². The van der Waals surface area contributed by atoms with Crippen LogP contribution < -0.4 is 0 Å². The Morgan fingerprint density at radius 3 is 2.87 bits per heavy atom. The summed E-state index contributed by atoms with van der Waals surface area (Å²) in [4.78, 5) is 18.0. The van der Waals surface area contributed by atoms with Gasteiger partial charge >= 0.3 is 5.97 Å². The van der Waals surface area contributed by atoms with Crippen molar-refractivity contribution in [2.45, 2.75) is 51.1 Å². The highest BCUT2D eigenvalue weighted by molar-refractivity contribution is 5.96. The van der Waals surface area contributed by atoms with E-state index < -0.39 is 0 Å². The van der Waals surface area contributed by atoms with Crippen molar-refractivity contribution in [3.63, 3.8) is 0 Å². The maximum Gasteiger partial charge on any atom is 0.337 e. The first-order valence-electron chi connectivity index (χ1n) is 8.72. The van der Waals surface area contributed by atoms with E-state index in [0.29, 0.717) is 5.56 Å². The normalized spacial score (nSPS) is 19.7. The van der Waals surface area contributed by atoms with Crippen LogP contribution in [0, 0.1) is 0 Å². The molecule has 4 heteroatoms. The van der Waals surface area contributed by atoms with E-state index in [0.717, 1.165) is 31.1 Å². The fraction of sp³-hybridized carbons (Fsp3) is 0.526. The standard InChI is InChI=1S/C19H24N2O2/c1-23-19(22)13-7-8-17-15(11-13)16-12-21(10-9-18(16)20-17)14-5-3-2-4-6-14/h7-8,11,14,20H,2-6,9-10,12H2,1H3. The third-order valence-electron chi connectivity index (χ3n) is 5.52. The van der Waals surface area contributed by atoms with E-state index in [4.69, 9.17) is 4.74 Å². The fourth-order valence-corrected chi connectivity index (χ4v) is 4.24. The Labute approximate surface area is 136 Å². The molecule has 0 atom stereocenters. The molecular formula is C19H24N2O2. The van der Waals surface area contributed by atoms with Crippen molar-refractivity contribution in [2.24, 2.45) is 0 Å². The molecule has 2 aromatic rings. The van der Waals surface area contributed by atoms with E-state index in [1.807, 2.05) is 18.2 Å². The van der Waals surface area contributed by atoms with Gasteiger partial charge in [-0.25, -0.2) is 4.79 Å². The summed E-state index contributed by atoms with van der Waals surface area (Å²) in [5.41, 5.74) is 4.49. The number of nitrogens with zero attached hydrogens (tertiary/aromatic N) is 1. The maximum atomic E-state index is 11.8. The van der Waals surface area contributed by atoms with Gasteiger partial charge in [-0.3, -0.25) is 4.90 Å². The molecule has 1 saturated carbocycles. The highest BCUT2D eigenvalue weighted by Crippen LogP contribution is 2.32. The van der Waals surface area contributed by atoms with Gasteiger partial charge in [-0.05, 0) is 36.6 Å². The Balaban J connectivity index is 1.67. The number of fused-ring (bicyclic) bond motifs is 3. The molecule has 0 saturated heterocycles. The average Bonchev–Trinajstić information content (AvgIpc) is 2.98. The van der Waals surface area contributed by atoms with Crippen molar-refractivity contribution in [3.8, 4) is 0 Å². The molecule has 1 aromatic heterocycles. The van der Waals surface area contributed by atoms with Crippen molar-refractivity contribution in [3.05, 3.63) is 35.0 Å². The number of ether oxygens (including phenoxy) is 1. The van der Waals surface area contributed by atoms with Crippen LogP contribution in [0.5, 0.6) is 0 Å². The van der Waals surface area contributed by atoms with Crippen LogP contribution in [0.15, 0.2) is 18.2 Å². The van der Waals surface area contributed by atoms with Gasteiger partial charge in [0.05, 0.1) is 12.7 Å². The van der Waals surface area contributed by atoms with Gasteiger partial charge < -0.3 is 9.72 Å². The molecule has 0 radical (unpaired) electrons. The number of esters is 1. The van der Waals surface area contributed by atoms with E-state index in [2.05, 4.69) is 9.88 Å². The number of carbonyl (C=O) groups is 1. The molecule has 4 rings (SSSR count). The number of hydrogen-bond donors (Lipinski definition) is 1. The Kier molecular flexibility index (Phi) is 3.85.